The van der Waals surface area contributed by atoms with Gasteiger partial charge in [0.2, 0.25) is 0 Å². The first-order chi connectivity index (χ1) is 9.66. The Morgan fingerprint density at radius 3 is 2.29 bits per heavy atom. The van der Waals surface area contributed by atoms with E-state index >= 15 is 0 Å². The number of hydrogen-bond donors (Lipinski definition) is 0. The summed E-state index contributed by atoms with van der Waals surface area (Å²) in [5.41, 5.74) is 3.46. The van der Waals surface area contributed by atoms with E-state index in [0.717, 1.165) is 6.42 Å². The molecule has 0 saturated carbocycles. The minimum absolute atomic E-state index is 0.215. The Hall–Kier alpha value is -1.05. The molecule has 0 aromatic carbocycles. The van der Waals surface area contributed by atoms with Crippen molar-refractivity contribution in [2.24, 2.45) is 0 Å². The zero-order valence-electron chi connectivity index (χ0n) is 14.9. The predicted octanol–water partition coefficient (Wildman–Crippen LogP) is 5.43. The molecule has 0 heterocycles. The molecule has 3 heteroatoms. The summed E-state index contributed by atoms with van der Waals surface area (Å²) in [6.07, 6.45) is 8.99. The van der Waals surface area contributed by atoms with E-state index in [0.29, 0.717) is 6.61 Å². The van der Waals surface area contributed by atoms with Gasteiger partial charge in [-0.15, -0.1) is 5.73 Å². The summed E-state index contributed by atoms with van der Waals surface area (Å²) in [4.78, 5) is 11.6. The maximum atomic E-state index is 11.6. The number of rotatable bonds is 7. The molecule has 0 aliphatic heterocycles. The number of esters is 1. The Labute approximate surface area is 132 Å². The molecule has 0 bridgehead atoms. The molecular formula is C18H32O2Si. The molecule has 0 fully saturated rings. The highest BCUT2D eigenvalue weighted by Crippen LogP contribution is 2.40. The largest absolute Gasteiger partial charge is 0.463 e. The van der Waals surface area contributed by atoms with Crippen molar-refractivity contribution in [2.75, 3.05) is 6.61 Å². The summed E-state index contributed by atoms with van der Waals surface area (Å²) in [7, 11) is -1.70. The number of hydrogen-bond acceptors (Lipinski definition) is 2. The fourth-order valence-corrected chi connectivity index (χ4v) is 3.44. The Kier molecular flexibility index (Phi) is 8.61. The van der Waals surface area contributed by atoms with Gasteiger partial charge in [0.25, 0.3) is 0 Å². The molecule has 0 rings (SSSR count). The maximum Gasteiger partial charge on any atom is 0.330 e. The van der Waals surface area contributed by atoms with Gasteiger partial charge in [-0.05, 0) is 42.2 Å². The molecule has 0 aromatic rings. The van der Waals surface area contributed by atoms with Gasteiger partial charge >= 0.3 is 5.97 Å². The Bertz CT molecular complexity index is 419. The summed E-state index contributed by atoms with van der Waals surface area (Å²) in [6.45, 7) is 15.9. The van der Waals surface area contributed by atoms with Gasteiger partial charge in [-0.3, -0.25) is 0 Å². The molecule has 2 nitrogen and oxygen atoms in total. The number of carbonyl (C=O) groups excluding carboxylic acids is 1. The first-order valence-electron chi connectivity index (χ1n) is 7.97. The van der Waals surface area contributed by atoms with Crippen LogP contribution in [-0.2, 0) is 9.53 Å². The highest BCUT2D eigenvalue weighted by Gasteiger charge is 2.37. The number of carbonyl (C=O) groups is 1. The SMILES string of the molecule is CCCCC=C=C(/C=C/C(=O)OCC)[Si](C)(C)C(C)(C)C. The summed E-state index contributed by atoms with van der Waals surface area (Å²) >= 11 is 0. The lowest BCUT2D eigenvalue weighted by Gasteiger charge is -2.37. The summed E-state index contributed by atoms with van der Waals surface area (Å²) in [6, 6.07) is 0. The third-order valence-electron chi connectivity index (χ3n) is 4.18. The molecule has 0 aromatic heterocycles. The van der Waals surface area contributed by atoms with Crippen LogP contribution in [0.3, 0.4) is 0 Å². The quantitative estimate of drug-likeness (QED) is 0.157. The lowest BCUT2D eigenvalue weighted by molar-refractivity contribution is -0.137. The second kappa shape index (κ2) is 9.06. The van der Waals surface area contributed by atoms with Crippen LogP contribution >= 0.6 is 0 Å². The van der Waals surface area contributed by atoms with Gasteiger partial charge in [-0.2, -0.15) is 0 Å². The Balaban J connectivity index is 5.40. The highest BCUT2D eigenvalue weighted by molar-refractivity contribution is 6.87. The van der Waals surface area contributed by atoms with Crippen LogP contribution in [0.4, 0.5) is 0 Å². The van der Waals surface area contributed by atoms with E-state index in [1.165, 1.54) is 18.0 Å². The number of unbranched alkanes of at least 4 members (excludes halogenated alkanes) is 2. The molecular weight excluding hydrogens is 276 g/mol. The lowest BCUT2D eigenvalue weighted by atomic mass is 10.2. The average molecular weight is 309 g/mol. The molecule has 0 saturated heterocycles. The average Bonchev–Trinajstić information content (AvgIpc) is 2.36. The molecule has 0 amide bonds. The van der Waals surface area contributed by atoms with E-state index in [-0.39, 0.29) is 11.0 Å². The zero-order chi connectivity index (χ0) is 16.5. The van der Waals surface area contributed by atoms with Crippen molar-refractivity contribution in [3.8, 4) is 0 Å². The van der Waals surface area contributed by atoms with Crippen molar-refractivity contribution >= 4 is 14.0 Å². The Morgan fingerprint density at radius 2 is 1.81 bits per heavy atom. The second-order valence-electron chi connectivity index (χ2n) is 6.86. The fourth-order valence-electron chi connectivity index (χ4n) is 1.67. The molecule has 0 radical (unpaired) electrons. The lowest BCUT2D eigenvalue weighted by Crippen LogP contribution is -2.39. The summed E-state index contributed by atoms with van der Waals surface area (Å²) in [5.74, 6) is -0.274. The summed E-state index contributed by atoms with van der Waals surface area (Å²) < 4.78 is 4.97. The molecule has 21 heavy (non-hydrogen) atoms. The normalized spacial score (nSPS) is 12.1. The fraction of sp³-hybridized carbons (Fsp3) is 0.667. The second-order valence-corrected chi connectivity index (χ2v) is 12.2. The van der Waals surface area contributed by atoms with Crippen LogP contribution in [0.5, 0.6) is 0 Å². The van der Waals surface area contributed by atoms with E-state index in [9.17, 15) is 4.79 Å². The third kappa shape index (κ3) is 6.97. The van der Waals surface area contributed by atoms with Crippen LogP contribution in [0.25, 0.3) is 0 Å². The molecule has 0 unspecified atom stereocenters. The van der Waals surface area contributed by atoms with Crippen molar-refractivity contribution in [3.63, 3.8) is 0 Å². The van der Waals surface area contributed by atoms with Crippen LogP contribution in [-0.4, -0.2) is 20.7 Å². The van der Waals surface area contributed by atoms with Gasteiger partial charge in [0, 0.05) is 6.08 Å². The van der Waals surface area contributed by atoms with Crippen LogP contribution < -0.4 is 0 Å². The van der Waals surface area contributed by atoms with Crippen molar-refractivity contribution in [1.29, 1.82) is 0 Å². The van der Waals surface area contributed by atoms with Crippen LogP contribution in [0.2, 0.25) is 18.1 Å². The van der Waals surface area contributed by atoms with Crippen molar-refractivity contribution in [1.82, 2.24) is 0 Å². The minimum atomic E-state index is -1.70. The topological polar surface area (TPSA) is 26.3 Å². The van der Waals surface area contributed by atoms with E-state index < -0.39 is 8.07 Å². The van der Waals surface area contributed by atoms with Gasteiger partial charge < -0.3 is 4.74 Å². The minimum Gasteiger partial charge on any atom is -0.463 e. The maximum absolute atomic E-state index is 11.6. The van der Waals surface area contributed by atoms with E-state index in [2.05, 4.69) is 52.6 Å². The van der Waals surface area contributed by atoms with E-state index in [4.69, 9.17) is 4.74 Å². The van der Waals surface area contributed by atoms with Gasteiger partial charge in [0.15, 0.2) is 0 Å². The van der Waals surface area contributed by atoms with Crippen LogP contribution in [0, 0.1) is 0 Å². The van der Waals surface area contributed by atoms with Gasteiger partial charge in [0.05, 0.1) is 14.7 Å². The first-order valence-corrected chi connectivity index (χ1v) is 11.0. The molecule has 0 aliphatic rings. The molecule has 0 spiro atoms. The third-order valence-corrected chi connectivity index (χ3v) is 9.59. The van der Waals surface area contributed by atoms with Crippen molar-refractivity contribution in [2.45, 2.75) is 72.0 Å². The van der Waals surface area contributed by atoms with Crippen molar-refractivity contribution in [3.05, 3.63) is 29.2 Å². The van der Waals surface area contributed by atoms with Gasteiger partial charge in [-0.1, -0.05) is 47.2 Å². The predicted molar refractivity (Wildman–Crippen MR) is 94.1 cm³/mol. The van der Waals surface area contributed by atoms with Crippen molar-refractivity contribution < 1.29 is 9.53 Å². The van der Waals surface area contributed by atoms with Gasteiger partial charge in [0.1, 0.15) is 0 Å². The monoisotopic (exact) mass is 308 g/mol. The number of allylic oxidation sites excluding steroid dienone is 2. The molecule has 0 aliphatic carbocycles. The summed E-state index contributed by atoms with van der Waals surface area (Å²) in [5, 5.41) is 1.39. The molecule has 0 atom stereocenters. The number of ether oxygens (including phenoxy) is 1. The molecule has 120 valence electrons. The van der Waals surface area contributed by atoms with Gasteiger partial charge in [-0.25, -0.2) is 4.79 Å². The van der Waals surface area contributed by atoms with Crippen LogP contribution in [0.1, 0.15) is 53.9 Å². The Morgan fingerprint density at radius 1 is 1.19 bits per heavy atom. The highest BCUT2D eigenvalue weighted by atomic mass is 28.3. The molecule has 0 N–H and O–H groups in total. The van der Waals surface area contributed by atoms with E-state index in [1.54, 1.807) is 6.08 Å². The smallest absolute Gasteiger partial charge is 0.330 e. The zero-order valence-corrected chi connectivity index (χ0v) is 15.9. The standard InChI is InChI=1S/C18H32O2Si/c1-8-10-11-12-13-16(14-15-17(19)20-9-2)21(6,7)18(3,4)5/h12,14-15H,8-11H2,1-7H3/b15-14+. The first kappa shape index (κ1) is 19.9. The van der Waals surface area contributed by atoms with E-state index in [1.807, 2.05) is 13.0 Å². The van der Waals surface area contributed by atoms with Crippen LogP contribution in [0.15, 0.2) is 29.2 Å².